The second kappa shape index (κ2) is 12.7. The van der Waals surface area contributed by atoms with Gasteiger partial charge in [0.1, 0.15) is 11.5 Å². The number of carbonyl (C=O) groups is 2. The molecule has 3 aromatic heterocycles. The number of thiophene rings is 1. The average molecular weight is 590 g/mol. The van der Waals surface area contributed by atoms with E-state index in [0.717, 1.165) is 67.1 Å². The lowest BCUT2D eigenvalue weighted by atomic mass is 10.2. The number of piperazine rings is 1. The van der Waals surface area contributed by atoms with E-state index in [9.17, 15) is 9.59 Å². The lowest BCUT2D eigenvalue weighted by Crippen LogP contribution is -2.47. The van der Waals surface area contributed by atoms with E-state index in [2.05, 4.69) is 36.9 Å². The van der Waals surface area contributed by atoms with Crippen molar-refractivity contribution in [2.24, 2.45) is 0 Å². The monoisotopic (exact) mass is 589 g/mol. The van der Waals surface area contributed by atoms with Crippen molar-refractivity contribution in [1.82, 2.24) is 24.8 Å². The van der Waals surface area contributed by atoms with E-state index in [1.54, 1.807) is 17.5 Å². The Hall–Kier alpha value is -2.64. The summed E-state index contributed by atoms with van der Waals surface area (Å²) in [4.78, 5) is 46.3. The standard InChI is InChI=1S/C26H32ClN7O3S2/c1-17-4-2-7-34(17)15-21-24(20-12-18(27)16-38-20)30-26(39-21)31-25(37)19-13-29-22(14-28-19)33-10-8-32(9-11-33)6-3-5-23(35)36/h12-14,16-17H,2-11,15H2,1H3,(H,35,36)(H,30,31,37). The summed E-state index contributed by atoms with van der Waals surface area (Å²) in [6.07, 6.45) is 6.37. The van der Waals surface area contributed by atoms with E-state index in [1.807, 2.05) is 11.4 Å². The van der Waals surface area contributed by atoms with E-state index >= 15 is 0 Å². The Bertz CT molecular complexity index is 1290. The summed E-state index contributed by atoms with van der Waals surface area (Å²) in [7, 11) is 0. The van der Waals surface area contributed by atoms with E-state index in [4.69, 9.17) is 21.7 Å². The number of amides is 1. The highest BCUT2D eigenvalue weighted by Crippen LogP contribution is 2.37. The number of thiazole rings is 1. The Balaban J connectivity index is 1.21. The second-order valence-corrected chi connectivity index (χ2v) is 12.4. The molecule has 0 spiro atoms. The van der Waals surface area contributed by atoms with Crippen LogP contribution in [0, 0.1) is 0 Å². The lowest BCUT2D eigenvalue weighted by molar-refractivity contribution is -0.137. The molecule has 1 atom stereocenters. The highest BCUT2D eigenvalue weighted by molar-refractivity contribution is 7.17. The zero-order valence-corrected chi connectivity index (χ0v) is 24.2. The van der Waals surface area contributed by atoms with Gasteiger partial charge in [-0.15, -0.1) is 11.3 Å². The van der Waals surface area contributed by atoms with Crippen LogP contribution < -0.4 is 10.2 Å². The lowest BCUT2D eigenvalue weighted by Gasteiger charge is -2.35. The second-order valence-electron chi connectivity index (χ2n) is 9.92. The first-order valence-corrected chi connectivity index (χ1v) is 15.2. The van der Waals surface area contributed by atoms with Gasteiger partial charge >= 0.3 is 5.97 Å². The summed E-state index contributed by atoms with van der Waals surface area (Å²) in [6.45, 7) is 8.12. The Morgan fingerprint density at radius 2 is 2.00 bits per heavy atom. The molecule has 1 amide bonds. The number of aliphatic carboxylic acids is 1. The molecule has 3 aromatic rings. The van der Waals surface area contributed by atoms with Gasteiger partial charge in [0, 0.05) is 55.4 Å². The largest absolute Gasteiger partial charge is 0.481 e. The SMILES string of the molecule is CC1CCCN1Cc1sc(NC(=O)c2cnc(N3CCN(CCCC(=O)O)CC3)cn2)nc1-c1cc(Cl)cs1. The van der Waals surface area contributed by atoms with Crippen molar-refractivity contribution in [3.05, 3.63) is 39.4 Å². The number of aromatic nitrogens is 3. The summed E-state index contributed by atoms with van der Waals surface area (Å²) in [5.41, 5.74) is 1.10. The highest BCUT2D eigenvalue weighted by atomic mass is 35.5. The summed E-state index contributed by atoms with van der Waals surface area (Å²) >= 11 is 9.24. The number of hydrogen-bond acceptors (Lipinski definition) is 10. The molecule has 0 bridgehead atoms. The molecule has 2 aliphatic rings. The van der Waals surface area contributed by atoms with Gasteiger partial charge in [-0.3, -0.25) is 24.7 Å². The Kier molecular flexibility index (Phi) is 9.08. The number of halogens is 1. The number of rotatable bonds is 10. The van der Waals surface area contributed by atoms with Gasteiger partial charge < -0.3 is 10.0 Å². The third-order valence-electron chi connectivity index (χ3n) is 7.19. The van der Waals surface area contributed by atoms with Gasteiger partial charge in [-0.2, -0.15) is 0 Å². The fourth-order valence-corrected chi connectivity index (χ4v) is 7.12. The molecule has 1 unspecified atom stereocenters. The number of carboxylic acids is 1. The molecular formula is C26H32ClN7O3S2. The maximum Gasteiger partial charge on any atom is 0.303 e. The van der Waals surface area contributed by atoms with Gasteiger partial charge in [-0.25, -0.2) is 15.0 Å². The summed E-state index contributed by atoms with van der Waals surface area (Å²) in [5, 5.41) is 14.9. The van der Waals surface area contributed by atoms with E-state index in [-0.39, 0.29) is 18.0 Å². The van der Waals surface area contributed by atoms with Gasteiger partial charge in [-0.1, -0.05) is 22.9 Å². The van der Waals surface area contributed by atoms with Crippen molar-refractivity contribution < 1.29 is 14.7 Å². The number of likely N-dealkylation sites (tertiary alicyclic amines) is 1. The van der Waals surface area contributed by atoms with Crippen molar-refractivity contribution >= 4 is 57.1 Å². The van der Waals surface area contributed by atoms with Crippen LogP contribution in [0.3, 0.4) is 0 Å². The Labute approximate surface area is 240 Å². The molecule has 5 rings (SSSR count). The third-order valence-corrected chi connectivity index (χ3v) is 9.43. The maximum absolute atomic E-state index is 13.0. The molecule has 0 aliphatic carbocycles. The minimum Gasteiger partial charge on any atom is -0.481 e. The molecule has 10 nitrogen and oxygen atoms in total. The number of nitrogens with one attached hydrogen (secondary N) is 1. The fraction of sp³-hybridized carbons (Fsp3) is 0.500. The van der Waals surface area contributed by atoms with Crippen LogP contribution in [-0.4, -0.2) is 87.0 Å². The molecule has 2 fully saturated rings. The fourth-order valence-electron chi connectivity index (χ4n) is 4.97. The molecule has 13 heteroatoms. The van der Waals surface area contributed by atoms with Gasteiger partial charge in [0.05, 0.1) is 28.0 Å². The van der Waals surface area contributed by atoms with Crippen LogP contribution in [0.2, 0.25) is 5.02 Å². The number of hydrogen-bond donors (Lipinski definition) is 2. The number of anilines is 2. The van der Waals surface area contributed by atoms with Crippen molar-refractivity contribution in [3.8, 4) is 10.6 Å². The van der Waals surface area contributed by atoms with Crippen LogP contribution in [0.5, 0.6) is 0 Å². The van der Waals surface area contributed by atoms with Gasteiger partial charge in [0.15, 0.2) is 5.13 Å². The number of carbonyl (C=O) groups excluding carboxylic acids is 1. The zero-order chi connectivity index (χ0) is 27.4. The van der Waals surface area contributed by atoms with Crippen LogP contribution in [0.15, 0.2) is 23.8 Å². The molecule has 39 heavy (non-hydrogen) atoms. The van der Waals surface area contributed by atoms with Gasteiger partial charge in [0.2, 0.25) is 0 Å². The highest BCUT2D eigenvalue weighted by Gasteiger charge is 2.25. The van der Waals surface area contributed by atoms with Crippen molar-refractivity contribution in [1.29, 1.82) is 0 Å². The minimum atomic E-state index is -0.757. The topological polar surface area (TPSA) is 115 Å². The van der Waals surface area contributed by atoms with Crippen LogP contribution >= 0.6 is 34.3 Å². The maximum atomic E-state index is 13.0. The first-order chi connectivity index (χ1) is 18.9. The van der Waals surface area contributed by atoms with E-state index in [1.165, 1.54) is 30.4 Å². The van der Waals surface area contributed by atoms with E-state index < -0.39 is 5.97 Å². The molecule has 2 saturated heterocycles. The van der Waals surface area contributed by atoms with E-state index in [0.29, 0.717) is 22.6 Å². The Morgan fingerprint density at radius 3 is 2.64 bits per heavy atom. The van der Waals surface area contributed by atoms with Gasteiger partial charge in [0.25, 0.3) is 5.91 Å². The summed E-state index contributed by atoms with van der Waals surface area (Å²) in [6, 6.07) is 2.45. The predicted octanol–water partition coefficient (Wildman–Crippen LogP) is 4.54. The molecule has 2 aliphatic heterocycles. The molecule has 2 N–H and O–H groups in total. The normalized spacial score (nSPS) is 18.5. The minimum absolute atomic E-state index is 0.193. The molecule has 208 valence electrons. The average Bonchev–Trinajstić information content (AvgIpc) is 3.65. The molecule has 0 aromatic carbocycles. The third kappa shape index (κ3) is 7.12. The van der Waals surface area contributed by atoms with Crippen LogP contribution in [0.25, 0.3) is 10.6 Å². The number of nitrogens with zero attached hydrogens (tertiary/aromatic N) is 6. The first-order valence-electron chi connectivity index (χ1n) is 13.2. The molecule has 5 heterocycles. The molecule has 0 radical (unpaired) electrons. The van der Waals surface area contributed by atoms with Crippen molar-refractivity contribution in [2.75, 3.05) is 49.5 Å². The van der Waals surface area contributed by atoms with Crippen molar-refractivity contribution in [2.45, 2.75) is 45.2 Å². The molecular weight excluding hydrogens is 558 g/mol. The van der Waals surface area contributed by atoms with Crippen molar-refractivity contribution in [3.63, 3.8) is 0 Å². The quantitative estimate of drug-likeness (QED) is 0.352. The smallest absolute Gasteiger partial charge is 0.303 e. The van der Waals surface area contributed by atoms with Gasteiger partial charge in [-0.05, 0) is 45.3 Å². The Morgan fingerprint density at radius 1 is 1.18 bits per heavy atom. The van der Waals surface area contributed by atoms with Crippen LogP contribution in [0.1, 0.15) is 48.0 Å². The first kappa shape index (κ1) is 27.9. The van der Waals surface area contributed by atoms with Crippen LogP contribution in [0.4, 0.5) is 10.9 Å². The summed E-state index contributed by atoms with van der Waals surface area (Å²) < 4.78 is 0. The zero-order valence-electron chi connectivity index (χ0n) is 21.8. The summed E-state index contributed by atoms with van der Waals surface area (Å²) in [5.74, 6) is -0.374. The predicted molar refractivity (Wildman–Crippen MR) is 155 cm³/mol. The van der Waals surface area contributed by atoms with Crippen LogP contribution in [-0.2, 0) is 11.3 Å². The number of carboxylic acid groups (broad SMARTS) is 1. The molecule has 0 saturated carbocycles.